The molecule has 58 valence electrons. The Kier molecular flexibility index (Phi) is 2.20. The first-order valence-corrected chi connectivity index (χ1v) is 4.04. The maximum atomic E-state index is 8.45. The van der Waals surface area contributed by atoms with Crippen molar-refractivity contribution < 1.29 is 0 Å². The lowest BCUT2D eigenvalue weighted by atomic mass is 10.4. The summed E-state index contributed by atoms with van der Waals surface area (Å²) in [6, 6.07) is 0. The van der Waals surface area contributed by atoms with E-state index in [-0.39, 0.29) is 0 Å². The highest BCUT2D eigenvalue weighted by Gasteiger charge is 2.08. The van der Waals surface area contributed by atoms with Crippen molar-refractivity contribution in [2.75, 3.05) is 0 Å². The molecular weight excluding hydrogens is 158 g/mol. The van der Waals surface area contributed by atoms with Crippen molar-refractivity contribution in [3.8, 4) is 5.40 Å². The monoisotopic (exact) mass is 167 g/mol. The molecule has 0 radical (unpaired) electrons. The molecule has 0 saturated heterocycles. The van der Waals surface area contributed by atoms with E-state index in [0.717, 1.165) is 16.3 Å². The van der Waals surface area contributed by atoms with Gasteiger partial charge in [0, 0.05) is 12.7 Å². The molecule has 11 heavy (non-hydrogen) atoms. The number of hydrogen-bond acceptors (Lipinski definition) is 3. The van der Waals surface area contributed by atoms with Crippen LogP contribution in [0.4, 0.5) is 0 Å². The molecule has 0 unspecified atom stereocenters. The smallest absolute Gasteiger partial charge is 0.138 e. The van der Waals surface area contributed by atoms with Gasteiger partial charge in [-0.1, -0.05) is 0 Å². The number of thioether (sulfide) groups is 1. The predicted molar refractivity (Wildman–Crippen MR) is 44.2 cm³/mol. The molecule has 4 heteroatoms. The van der Waals surface area contributed by atoms with Crippen molar-refractivity contribution in [2.24, 2.45) is 7.05 Å². The van der Waals surface area contributed by atoms with Crippen LogP contribution in [0.5, 0.6) is 0 Å². The van der Waals surface area contributed by atoms with Crippen molar-refractivity contribution in [1.82, 2.24) is 9.78 Å². The van der Waals surface area contributed by atoms with Crippen molar-refractivity contribution in [3.63, 3.8) is 0 Å². The molecule has 0 aromatic carbocycles. The van der Waals surface area contributed by atoms with Gasteiger partial charge < -0.3 is 0 Å². The Morgan fingerprint density at radius 2 is 2.18 bits per heavy atom. The third kappa shape index (κ3) is 1.38. The SMILES string of the molecule is Cc1nn(C)c(C)c1SC#N. The van der Waals surface area contributed by atoms with E-state index in [4.69, 9.17) is 5.26 Å². The number of nitrogens with zero attached hydrogens (tertiary/aromatic N) is 3. The molecular formula is C7H9N3S. The molecule has 0 N–H and O–H groups in total. The molecule has 1 aromatic heterocycles. The van der Waals surface area contributed by atoms with Crippen molar-refractivity contribution in [2.45, 2.75) is 18.7 Å². The Labute approximate surface area is 70.0 Å². The van der Waals surface area contributed by atoms with Crippen molar-refractivity contribution in [3.05, 3.63) is 11.4 Å². The maximum absolute atomic E-state index is 8.45. The largest absolute Gasteiger partial charge is 0.271 e. The van der Waals surface area contributed by atoms with Gasteiger partial charge in [0.1, 0.15) is 5.40 Å². The summed E-state index contributed by atoms with van der Waals surface area (Å²) < 4.78 is 1.79. The van der Waals surface area contributed by atoms with E-state index in [0.29, 0.717) is 0 Å². The van der Waals surface area contributed by atoms with E-state index in [1.807, 2.05) is 26.3 Å². The van der Waals surface area contributed by atoms with Gasteiger partial charge in [-0.15, -0.1) is 0 Å². The van der Waals surface area contributed by atoms with Gasteiger partial charge in [-0.25, -0.2) is 0 Å². The highest BCUT2D eigenvalue weighted by atomic mass is 32.2. The number of aryl methyl sites for hydroxylation is 2. The third-order valence-electron chi connectivity index (χ3n) is 1.59. The van der Waals surface area contributed by atoms with Gasteiger partial charge in [-0.05, 0) is 25.6 Å². The maximum Gasteiger partial charge on any atom is 0.138 e. The summed E-state index contributed by atoms with van der Waals surface area (Å²) in [4.78, 5) is 0.981. The summed E-state index contributed by atoms with van der Waals surface area (Å²) in [5, 5.41) is 14.7. The first-order chi connectivity index (χ1) is 5.16. The molecule has 3 nitrogen and oxygen atoms in total. The van der Waals surface area contributed by atoms with E-state index in [2.05, 4.69) is 5.10 Å². The van der Waals surface area contributed by atoms with Crippen LogP contribution in [0, 0.1) is 24.5 Å². The van der Waals surface area contributed by atoms with Crippen LogP contribution in [0.2, 0.25) is 0 Å². The van der Waals surface area contributed by atoms with E-state index in [1.165, 1.54) is 11.8 Å². The molecule has 0 atom stereocenters. The zero-order chi connectivity index (χ0) is 8.43. The lowest BCUT2D eigenvalue weighted by molar-refractivity contribution is 0.730. The molecule has 1 rings (SSSR count). The highest BCUT2D eigenvalue weighted by Crippen LogP contribution is 2.23. The standard InChI is InChI=1S/C7H9N3S/c1-5-7(11-4-8)6(2)10(3)9-5/h1-3H3. The first kappa shape index (κ1) is 8.15. The number of rotatable bonds is 1. The molecule has 0 spiro atoms. The molecule has 0 aliphatic heterocycles. The van der Waals surface area contributed by atoms with Gasteiger partial charge in [-0.2, -0.15) is 10.4 Å². The van der Waals surface area contributed by atoms with Crippen LogP contribution in [-0.4, -0.2) is 9.78 Å². The minimum Gasteiger partial charge on any atom is -0.271 e. The number of aromatic nitrogens is 2. The second kappa shape index (κ2) is 2.97. The summed E-state index contributed by atoms with van der Waals surface area (Å²) in [6.07, 6.45) is 0. The van der Waals surface area contributed by atoms with Gasteiger partial charge in [0.2, 0.25) is 0 Å². The quantitative estimate of drug-likeness (QED) is 0.471. The molecule has 0 amide bonds. The minimum absolute atomic E-state index is 0.927. The molecule has 0 fully saturated rings. The summed E-state index contributed by atoms with van der Waals surface area (Å²) in [6.45, 7) is 3.87. The number of thiocyanates is 1. The topological polar surface area (TPSA) is 41.6 Å². The zero-order valence-electron chi connectivity index (χ0n) is 6.75. The zero-order valence-corrected chi connectivity index (χ0v) is 7.57. The summed E-state index contributed by atoms with van der Waals surface area (Å²) >= 11 is 1.17. The number of nitriles is 1. The first-order valence-electron chi connectivity index (χ1n) is 3.23. The summed E-state index contributed by atoms with van der Waals surface area (Å²) in [7, 11) is 1.88. The Morgan fingerprint density at radius 3 is 2.55 bits per heavy atom. The fourth-order valence-corrected chi connectivity index (χ4v) is 1.51. The van der Waals surface area contributed by atoms with Gasteiger partial charge in [0.15, 0.2) is 0 Å². The fourth-order valence-electron chi connectivity index (χ4n) is 0.948. The van der Waals surface area contributed by atoms with E-state index < -0.39 is 0 Å². The fraction of sp³-hybridized carbons (Fsp3) is 0.429. The molecule has 1 heterocycles. The second-order valence-electron chi connectivity index (χ2n) is 2.32. The van der Waals surface area contributed by atoms with Crippen LogP contribution in [0.3, 0.4) is 0 Å². The lowest BCUT2D eigenvalue weighted by Gasteiger charge is -1.92. The molecule has 1 aromatic rings. The predicted octanol–water partition coefficient (Wildman–Crippen LogP) is 1.61. The van der Waals surface area contributed by atoms with Crippen LogP contribution in [-0.2, 0) is 7.05 Å². The lowest BCUT2D eigenvalue weighted by Crippen LogP contribution is -1.92. The molecule has 0 aliphatic rings. The average molecular weight is 167 g/mol. The van der Waals surface area contributed by atoms with Gasteiger partial charge in [0.25, 0.3) is 0 Å². The molecule has 0 aliphatic carbocycles. The van der Waals surface area contributed by atoms with Crippen molar-refractivity contribution >= 4 is 11.8 Å². The highest BCUT2D eigenvalue weighted by molar-refractivity contribution is 8.03. The second-order valence-corrected chi connectivity index (χ2v) is 3.11. The Morgan fingerprint density at radius 1 is 1.55 bits per heavy atom. The molecule has 0 saturated carbocycles. The normalized spacial score (nSPS) is 9.64. The number of hydrogen-bond donors (Lipinski definition) is 0. The Hall–Kier alpha value is -0.950. The summed E-state index contributed by atoms with van der Waals surface area (Å²) in [5.41, 5.74) is 1.98. The minimum atomic E-state index is 0.927. The average Bonchev–Trinajstić information content (AvgIpc) is 2.17. The molecule has 0 bridgehead atoms. The van der Waals surface area contributed by atoms with Crippen LogP contribution in [0.1, 0.15) is 11.4 Å². The van der Waals surface area contributed by atoms with E-state index in [9.17, 15) is 0 Å². The van der Waals surface area contributed by atoms with Crippen molar-refractivity contribution in [1.29, 1.82) is 5.26 Å². The van der Waals surface area contributed by atoms with Crippen LogP contribution in [0.25, 0.3) is 0 Å². The van der Waals surface area contributed by atoms with Gasteiger partial charge in [0.05, 0.1) is 10.6 Å². The van der Waals surface area contributed by atoms with E-state index >= 15 is 0 Å². The van der Waals surface area contributed by atoms with Gasteiger partial charge in [-0.3, -0.25) is 4.68 Å². The van der Waals surface area contributed by atoms with E-state index in [1.54, 1.807) is 4.68 Å². The summed E-state index contributed by atoms with van der Waals surface area (Å²) in [5.74, 6) is 0. The van der Waals surface area contributed by atoms with Crippen LogP contribution < -0.4 is 0 Å². The third-order valence-corrected chi connectivity index (χ3v) is 2.48. The van der Waals surface area contributed by atoms with Crippen LogP contribution >= 0.6 is 11.8 Å². The van der Waals surface area contributed by atoms with Crippen LogP contribution in [0.15, 0.2) is 4.90 Å². The van der Waals surface area contributed by atoms with Gasteiger partial charge >= 0.3 is 0 Å². The Balaban J connectivity index is 3.14. The Bertz CT molecular complexity index is 308.